The molecule has 0 saturated heterocycles. The highest BCUT2D eigenvalue weighted by molar-refractivity contribution is 7.47. The van der Waals surface area contributed by atoms with Gasteiger partial charge in [-0.05, 0) is 154 Å². The van der Waals surface area contributed by atoms with E-state index >= 15 is 0 Å². The molecule has 0 heterocycles. The fourth-order valence-electron chi connectivity index (χ4n) is 10.7. The average molecular weight is 1500 g/mol. The van der Waals surface area contributed by atoms with E-state index in [2.05, 4.69) is 149 Å². The Morgan fingerprint density at radius 3 is 0.779 bits per heavy atom. The Bertz CT molecular complexity index is 2440. The quantitative estimate of drug-likeness (QED) is 0.0169. The minimum Gasteiger partial charge on any atom is -0.462 e. The van der Waals surface area contributed by atoms with E-state index in [9.17, 15) is 43.2 Å². The molecule has 0 amide bonds. The summed E-state index contributed by atoms with van der Waals surface area (Å²) in [5.41, 5.74) is 0. The summed E-state index contributed by atoms with van der Waals surface area (Å²) in [7, 11) is -9.98. The second-order valence-corrected chi connectivity index (χ2v) is 29.8. The highest BCUT2D eigenvalue weighted by Crippen LogP contribution is 2.45. The van der Waals surface area contributed by atoms with Gasteiger partial charge < -0.3 is 33.8 Å². The van der Waals surface area contributed by atoms with Crippen molar-refractivity contribution in [2.75, 3.05) is 39.6 Å². The van der Waals surface area contributed by atoms with Gasteiger partial charge in [-0.1, -0.05) is 278 Å². The topological polar surface area (TPSA) is 237 Å². The third kappa shape index (κ3) is 75.7. The van der Waals surface area contributed by atoms with Gasteiger partial charge in [0.2, 0.25) is 0 Å². The molecule has 5 unspecified atom stereocenters. The first-order valence-electron chi connectivity index (χ1n) is 40.8. The van der Waals surface area contributed by atoms with Gasteiger partial charge >= 0.3 is 39.5 Å². The maximum Gasteiger partial charge on any atom is 0.472 e. The number of esters is 4. The van der Waals surface area contributed by atoms with Gasteiger partial charge in [-0.3, -0.25) is 37.3 Å². The highest BCUT2D eigenvalue weighted by Gasteiger charge is 2.30. The second-order valence-electron chi connectivity index (χ2n) is 26.9. The van der Waals surface area contributed by atoms with Gasteiger partial charge in [-0.15, -0.1) is 0 Å². The van der Waals surface area contributed by atoms with E-state index in [4.69, 9.17) is 37.0 Å². The minimum atomic E-state index is -4.99. The Morgan fingerprint density at radius 2 is 0.500 bits per heavy atom. The van der Waals surface area contributed by atoms with Gasteiger partial charge in [0.05, 0.1) is 26.4 Å². The predicted octanol–water partition coefficient (Wildman–Crippen LogP) is 23.9. The van der Waals surface area contributed by atoms with E-state index in [1.165, 1.54) is 64.2 Å². The standard InChI is InChI=1S/C85H146O17P2/c1-5-9-13-17-21-25-29-33-37-39-43-46-50-54-58-62-66-70-83(88)96-76-81(102-85(90)72-68-64-60-56-52-48-44-40-38-34-30-26-22-18-14-10-6-2)78-100-104(93,94)98-74-79(86)73-97-103(91,92)99-77-80(101-84(89)71-67-63-59-55-51-47-42-36-32-28-24-20-16-12-8-4)75-95-82(87)69-65-61-57-53-49-45-41-35-31-27-23-19-15-11-7-3/h9-10,13-14,21-22,25-28,31-34,37-38,43-44,46,48,79-81,86H,5-8,11-12,15-20,23-24,29-30,35-36,39-42,45,47,49-78H2,1-4H3,(H,91,92)(H,93,94). The first-order valence-corrected chi connectivity index (χ1v) is 43.8. The smallest absolute Gasteiger partial charge is 0.462 e. The van der Waals surface area contributed by atoms with Crippen LogP contribution in [0.15, 0.2) is 122 Å². The van der Waals surface area contributed by atoms with Crippen molar-refractivity contribution in [2.24, 2.45) is 0 Å². The van der Waals surface area contributed by atoms with Crippen molar-refractivity contribution in [1.29, 1.82) is 0 Å². The number of rotatable bonds is 76. The molecule has 0 aromatic carbocycles. The third-order valence-corrected chi connectivity index (χ3v) is 18.8. The average Bonchev–Trinajstić information content (AvgIpc) is 0.926. The van der Waals surface area contributed by atoms with Crippen molar-refractivity contribution in [2.45, 2.75) is 354 Å². The Labute approximate surface area is 632 Å². The van der Waals surface area contributed by atoms with Gasteiger partial charge in [0.1, 0.15) is 19.3 Å². The van der Waals surface area contributed by atoms with Crippen LogP contribution in [-0.4, -0.2) is 96.7 Å². The zero-order valence-electron chi connectivity index (χ0n) is 65.4. The number of allylic oxidation sites excluding steroid dienone is 20. The summed E-state index contributed by atoms with van der Waals surface area (Å²) in [6.07, 6.45) is 84.5. The SMILES string of the molecule is CCC=CCC=CCC=CCC=CCCCCCCC(=O)OCC(COP(=O)(O)OCC(O)COP(=O)(O)OCC(COC(=O)CCCCCCCCCC=CCCCCCC)OC(=O)CCCCCCCCCC=CCCCCCC)OC(=O)CCCCCCC=CCC=CCC=CCC=CCC. The Kier molecular flexibility index (Phi) is 73.3. The van der Waals surface area contributed by atoms with Crippen LogP contribution in [-0.2, 0) is 65.4 Å². The van der Waals surface area contributed by atoms with Crippen LogP contribution < -0.4 is 0 Å². The Balaban J connectivity index is 5.41. The number of hydrogen-bond acceptors (Lipinski definition) is 15. The molecular formula is C85H146O17P2. The van der Waals surface area contributed by atoms with Crippen LogP contribution in [0.4, 0.5) is 0 Å². The molecule has 0 bridgehead atoms. The predicted molar refractivity (Wildman–Crippen MR) is 427 cm³/mol. The number of aliphatic hydroxyl groups is 1. The molecule has 0 aliphatic rings. The highest BCUT2D eigenvalue weighted by atomic mass is 31.2. The molecule has 0 spiro atoms. The van der Waals surface area contributed by atoms with Gasteiger partial charge in [0, 0.05) is 25.7 Å². The molecule has 5 atom stereocenters. The third-order valence-electron chi connectivity index (χ3n) is 16.9. The van der Waals surface area contributed by atoms with Crippen LogP contribution in [0, 0.1) is 0 Å². The lowest BCUT2D eigenvalue weighted by atomic mass is 10.1. The monoisotopic (exact) mass is 1500 g/mol. The molecule has 0 radical (unpaired) electrons. The molecule has 0 aromatic rings. The van der Waals surface area contributed by atoms with Crippen molar-refractivity contribution >= 4 is 39.5 Å². The summed E-state index contributed by atoms with van der Waals surface area (Å²) in [5, 5.41) is 10.7. The summed E-state index contributed by atoms with van der Waals surface area (Å²) < 4.78 is 68.7. The Hall–Kier alpha value is -4.54. The molecule has 19 heteroatoms. The molecule has 0 saturated carbocycles. The summed E-state index contributed by atoms with van der Waals surface area (Å²) >= 11 is 0. The van der Waals surface area contributed by atoms with E-state index in [-0.39, 0.29) is 25.7 Å². The molecule has 0 rings (SSSR count). The van der Waals surface area contributed by atoms with E-state index in [1.54, 1.807) is 0 Å². The molecule has 0 aliphatic carbocycles. The lowest BCUT2D eigenvalue weighted by Crippen LogP contribution is -2.30. The maximum absolute atomic E-state index is 13.1. The van der Waals surface area contributed by atoms with Crippen LogP contribution in [0.5, 0.6) is 0 Å². The van der Waals surface area contributed by atoms with Crippen LogP contribution in [0.1, 0.15) is 336 Å². The van der Waals surface area contributed by atoms with Crippen LogP contribution in [0.2, 0.25) is 0 Å². The number of hydrogen-bond donors (Lipinski definition) is 3. The first kappa shape index (κ1) is 99.5. The van der Waals surface area contributed by atoms with Crippen molar-refractivity contribution in [3.8, 4) is 0 Å². The van der Waals surface area contributed by atoms with Crippen LogP contribution >= 0.6 is 15.6 Å². The van der Waals surface area contributed by atoms with Gasteiger partial charge in [0.15, 0.2) is 12.2 Å². The summed E-state index contributed by atoms with van der Waals surface area (Å²) in [5.74, 6) is -2.23. The molecule has 598 valence electrons. The van der Waals surface area contributed by atoms with Crippen LogP contribution in [0.25, 0.3) is 0 Å². The number of phosphoric acid groups is 2. The summed E-state index contributed by atoms with van der Waals surface area (Å²) in [4.78, 5) is 73.1. The number of phosphoric ester groups is 2. The molecule has 0 aromatic heterocycles. The van der Waals surface area contributed by atoms with Crippen molar-refractivity contribution in [3.63, 3.8) is 0 Å². The van der Waals surface area contributed by atoms with Crippen molar-refractivity contribution < 1.29 is 80.2 Å². The van der Waals surface area contributed by atoms with Gasteiger partial charge in [-0.2, -0.15) is 0 Å². The van der Waals surface area contributed by atoms with E-state index in [1.807, 2.05) is 0 Å². The van der Waals surface area contributed by atoms with Crippen molar-refractivity contribution in [1.82, 2.24) is 0 Å². The normalized spacial score (nSPS) is 14.5. The summed E-state index contributed by atoms with van der Waals surface area (Å²) in [6.45, 7) is 4.59. The molecular weight excluding hydrogens is 1350 g/mol. The number of aliphatic hydroxyl groups excluding tert-OH is 1. The largest absolute Gasteiger partial charge is 0.472 e. The van der Waals surface area contributed by atoms with Crippen LogP contribution in [0.3, 0.4) is 0 Å². The first-order chi connectivity index (χ1) is 50.7. The van der Waals surface area contributed by atoms with Gasteiger partial charge in [-0.25, -0.2) is 9.13 Å². The zero-order chi connectivity index (χ0) is 76.0. The van der Waals surface area contributed by atoms with Crippen molar-refractivity contribution in [3.05, 3.63) is 122 Å². The fraction of sp³-hybridized carbons (Fsp3) is 0.718. The minimum absolute atomic E-state index is 0.0588. The molecule has 0 fully saturated rings. The lowest BCUT2D eigenvalue weighted by Gasteiger charge is -2.21. The number of unbranched alkanes of at least 4 members (excludes halogenated alkanes) is 30. The molecule has 104 heavy (non-hydrogen) atoms. The fourth-order valence-corrected chi connectivity index (χ4v) is 12.3. The molecule has 3 N–H and O–H groups in total. The maximum atomic E-state index is 13.1. The number of ether oxygens (including phenoxy) is 4. The van der Waals surface area contributed by atoms with Gasteiger partial charge in [0.25, 0.3) is 0 Å². The van der Waals surface area contributed by atoms with E-state index in [0.29, 0.717) is 25.7 Å². The zero-order valence-corrected chi connectivity index (χ0v) is 67.2. The Morgan fingerprint density at radius 1 is 0.279 bits per heavy atom. The second kappa shape index (κ2) is 76.6. The van der Waals surface area contributed by atoms with E-state index < -0.39 is 97.5 Å². The lowest BCUT2D eigenvalue weighted by molar-refractivity contribution is -0.161. The number of carbonyl (C=O) groups is 4. The molecule has 17 nitrogen and oxygen atoms in total. The van der Waals surface area contributed by atoms with E-state index in [0.717, 1.165) is 193 Å². The summed E-state index contributed by atoms with van der Waals surface area (Å²) in [6, 6.07) is 0. The number of carbonyl (C=O) groups excluding carboxylic acids is 4. The molecule has 0 aliphatic heterocycles.